The highest BCUT2D eigenvalue weighted by atomic mass is 16.5. The van der Waals surface area contributed by atoms with Crippen LogP contribution < -0.4 is 4.74 Å². The van der Waals surface area contributed by atoms with E-state index in [1.165, 1.54) is 11.1 Å². The van der Waals surface area contributed by atoms with Crippen LogP contribution in [-0.4, -0.2) is 12.9 Å². The zero-order chi connectivity index (χ0) is 14.5. The summed E-state index contributed by atoms with van der Waals surface area (Å²) < 4.78 is 5.18. The van der Waals surface area contributed by atoms with E-state index in [4.69, 9.17) is 4.74 Å². The quantitative estimate of drug-likeness (QED) is 0.827. The van der Waals surface area contributed by atoms with E-state index in [0.717, 1.165) is 16.9 Å². The van der Waals surface area contributed by atoms with Gasteiger partial charge in [-0.15, -0.1) is 0 Å². The number of benzene rings is 2. The van der Waals surface area contributed by atoms with Crippen molar-refractivity contribution in [2.75, 3.05) is 7.11 Å². The molecule has 0 saturated heterocycles. The van der Waals surface area contributed by atoms with Crippen molar-refractivity contribution in [3.8, 4) is 5.75 Å². The molecule has 2 nitrogen and oxygen atoms in total. The Kier molecular flexibility index (Phi) is 4.57. The van der Waals surface area contributed by atoms with Crippen LogP contribution >= 0.6 is 0 Å². The maximum absolute atomic E-state index is 12.2. The van der Waals surface area contributed by atoms with Crippen molar-refractivity contribution in [2.24, 2.45) is 0 Å². The van der Waals surface area contributed by atoms with Gasteiger partial charge < -0.3 is 4.74 Å². The SMILES string of the molecule is COc1cccc(CC(=O)Cc2c(C)cccc2C)c1. The molecule has 0 atom stereocenters. The molecule has 0 radical (unpaired) electrons. The fourth-order valence-electron chi connectivity index (χ4n) is 2.40. The minimum atomic E-state index is 0.232. The van der Waals surface area contributed by atoms with Crippen molar-refractivity contribution in [3.63, 3.8) is 0 Å². The molecule has 0 aromatic heterocycles. The molecule has 2 aromatic rings. The van der Waals surface area contributed by atoms with E-state index in [9.17, 15) is 4.79 Å². The second-order valence-electron chi connectivity index (χ2n) is 5.11. The summed E-state index contributed by atoms with van der Waals surface area (Å²) in [5, 5.41) is 0. The number of ketones is 1. The number of aryl methyl sites for hydroxylation is 2. The molecule has 0 unspecified atom stereocenters. The van der Waals surface area contributed by atoms with Crippen LogP contribution in [0.2, 0.25) is 0 Å². The number of hydrogen-bond donors (Lipinski definition) is 0. The Balaban J connectivity index is 2.09. The Hall–Kier alpha value is -2.09. The van der Waals surface area contributed by atoms with E-state index >= 15 is 0 Å². The van der Waals surface area contributed by atoms with Crippen molar-refractivity contribution in [1.82, 2.24) is 0 Å². The smallest absolute Gasteiger partial charge is 0.141 e. The summed E-state index contributed by atoms with van der Waals surface area (Å²) in [7, 11) is 1.64. The van der Waals surface area contributed by atoms with Crippen LogP contribution in [0.4, 0.5) is 0 Å². The summed E-state index contributed by atoms with van der Waals surface area (Å²) in [5.74, 6) is 1.03. The van der Waals surface area contributed by atoms with Crippen molar-refractivity contribution in [3.05, 3.63) is 64.7 Å². The summed E-state index contributed by atoms with van der Waals surface area (Å²) in [6, 6.07) is 13.8. The van der Waals surface area contributed by atoms with Crippen LogP contribution in [0.1, 0.15) is 22.3 Å². The molecule has 0 aliphatic heterocycles. The molecule has 0 aliphatic carbocycles. The minimum absolute atomic E-state index is 0.232. The minimum Gasteiger partial charge on any atom is -0.497 e. The molecule has 0 amide bonds. The molecule has 2 aromatic carbocycles. The predicted octanol–water partition coefficient (Wildman–Crippen LogP) is 3.67. The summed E-state index contributed by atoms with van der Waals surface area (Å²) >= 11 is 0. The first kappa shape index (κ1) is 14.3. The first-order valence-electron chi connectivity index (χ1n) is 6.80. The number of carbonyl (C=O) groups is 1. The first-order chi connectivity index (χ1) is 9.60. The number of ether oxygens (including phenoxy) is 1. The van der Waals surface area contributed by atoms with Gasteiger partial charge in [-0.2, -0.15) is 0 Å². The number of rotatable bonds is 5. The van der Waals surface area contributed by atoms with Gasteiger partial charge in [0.15, 0.2) is 0 Å². The molecule has 0 aliphatic rings. The molecule has 0 N–H and O–H groups in total. The zero-order valence-corrected chi connectivity index (χ0v) is 12.3. The van der Waals surface area contributed by atoms with Crippen LogP contribution in [-0.2, 0) is 17.6 Å². The number of hydrogen-bond acceptors (Lipinski definition) is 2. The summed E-state index contributed by atoms with van der Waals surface area (Å²) in [6.45, 7) is 4.11. The monoisotopic (exact) mass is 268 g/mol. The molecule has 0 fully saturated rings. The molecule has 0 bridgehead atoms. The number of carbonyl (C=O) groups excluding carboxylic acids is 1. The summed E-state index contributed by atoms with van der Waals surface area (Å²) in [5.41, 5.74) is 4.52. The van der Waals surface area contributed by atoms with Crippen molar-refractivity contribution in [1.29, 1.82) is 0 Å². The van der Waals surface area contributed by atoms with Gasteiger partial charge in [-0.1, -0.05) is 30.3 Å². The Bertz CT molecular complexity index is 594. The van der Waals surface area contributed by atoms with Gasteiger partial charge in [-0.3, -0.25) is 4.79 Å². The summed E-state index contributed by atoms with van der Waals surface area (Å²) in [4.78, 5) is 12.2. The van der Waals surface area contributed by atoms with Crippen molar-refractivity contribution in [2.45, 2.75) is 26.7 Å². The van der Waals surface area contributed by atoms with Gasteiger partial charge in [0.2, 0.25) is 0 Å². The van der Waals surface area contributed by atoms with Gasteiger partial charge in [0.25, 0.3) is 0 Å². The third-order valence-electron chi connectivity index (χ3n) is 3.55. The van der Waals surface area contributed by atoms with Gasteiger partial charge in [-0.05, 0) is 48.2 Å². The maximum atomic E-state index is 12.2. The Morgan fingerprint density at radius 2 is 1.65 bits per heavy atom. The lowest BCUT2D eigenvalue weighted by atomic mass is 9.96. The Morgan fingerprint density at radius 3 is 2.30 bits per heavy atom. The lowest BCUT2D eigenvalue weighted by Crippen LogP contribution is -2.09. The van der Waals surface area contributed by atoms with E-state index < -0.39 is 0 Å². The van der Waals surface area contributed by atoms with E-state index in [0.29, 0.717) is 12.8 Å². The van der Waals surface area contributed by atoms with Gasteiger partial charge >= 0.3 is 0 Å². The average Bonchev–Trinajstić information content (AvgIpc) is 2.43. The normalized spacial score (nSPS) is 10.3. The van der Waals surface area contributed by atoms with Crippen LogP contribution in [0.3, 0.4) is 0 Å². The molecule has 20 heavy (non-hydrogen) atoms. The zero-order valence-electron chi connectivity index (χ0n) is 12.3. The highest BCUT2D eigenvalue weighted by Crippen LogP contribution is 2.17. The van der Waals surface area contributed by atoms with E-state index in [2.05, 4.69) is 26.0 Å². The molecule has 2 heteroatoms. The van der Waals surface area contributed by atoms with Gasteiger partial charge in [0.05, 0.1) is 7.11 Å². The second kappa shape index (κ2) is 6.38. The highest BCUT2D eigenvalue weighted by molar-refractivity contribution is 5.83. The molecular formula is C18H20O2. The summed E-state index contributed by atoms with van der Waals surface area (Å²) in [6.07, 6.45) is 0.945. The third kappa shape index (κ3) is 3.47. The molecule has 104 valence electrons. The molecule has 2 rings (SSSR count). The standard InChI is InChI=1S/C18H20O2/c1-13-6-4-7-14(2)18(13)12-16(19)10-15-8-5-9-17(11-15)20-3/h4-9,11H,10,12H2,1-3H3. The molecule has 0 spiro atoms. The fourth-order valence-corrected chi connectivity index (χ4v) is 2.40. The Labute approximate surface area is 120 Å². The number of methoxy groups -OCH3 is 1. The first-order valence-corrected chi connectivity index (χ1v) is 6.80. The molecule has 0 heterocycles. The largest absolute Gasteiger partial charge is 0.497 e. The van der Waals surface area contributed by atoms with Crippen LogP contribution in [0.5, 0.6) is 5.75 Å². The van der Waals surface area contributed by atoms with E-state index in [1.54, 1.807) is 7.11 Å². The maximum Gasteiger partial charge on any atom is 0.141 e. The Morgan fingerprint density at radius 1 is 1.00 bits per heavy atom. The topological polar surface area (TPSA) is 26.3 Å². The number of Topliss-reactive ketones (excluding diaryl/α,β-unsaturated/α-hetero) is 1. The fraction of sp³-hybridized carbons (Fsp3) is 0.278. The van der Waals surface area contributed by atoms with Crippen molar-refractivity contribution < 1.29 is 9.53 Å². The molecular weight excluding hydrogens is 248 g/mol. The third-order valence-corrected chi connectivity index (χ3v) is 3.55. The van der Waals surface area contributed by atoms with Crippen LogP contribution in [0, 0.1) is 13.8 Å². The predicted molar refractivity (Wildman–Crippen MR) is 81.3 cm³/mol. The van der Waals surface area contributed by atoms with Gasteiger partial charge in [-0.25, -0.2) is 0 Å². The van der Waals surface area contributed by atoms with E-state index in [-0.39, 0.29) is 5.78 Å². The van der Waals surface area contributed by atoms with Crippen LogP contribution in [0.15, 0.2) is 42.5 Å². The van der Waals surface area contributed by atoms with E-state index in [1.807, 2.05) is 30.3 Å². The average molecular weight is 268 g/mol. The second-order valence-corrected chi connectivity index (χ2v) is 5.11. The highest BCUT2D eigenvalue weighted by Gasteiger charge is 2.09. The van der Waals surface area contributed by atoms with Crippen LogP contribution in [0.25, 0.3) is 0 Å². The van der Waals surface area contributed by atoms with Gasteiger partial charge in [0.1, 0.15) is 11.5 Å². The molecule has 0 saturated carbocycles. The lowest BCUT2D eigenvalue weighted by Gasteiger charge is -2.09. The van der Waals surface area contributed by atoms with Crippen molar-refractivity contribution >= 4 is 5.78 Å². The lowest BCUT2D eigenvalue weighted by molar-refractivity contribution is -0.117. The van der Waals surface area contributed by atoms with Gasteiger partial charge in [0, 0.05) is 12.8 Å².